The molecule has 2 heterocycles. The highest BCUT2D eigenvalue weighted by molar-refractivity contribution is 6.38. The second-order valence-corrected chi connectivity index (χ2v) is 6.76. The first-order valence-corrected chi connectivity index (χ1v) is 7.72. The minimum atomic E-state index is -0.0118. The number of aliphatic hydroxyl groups excluding tert-OH is 1. The van der Waals surface area contributed by atoms with E-state index < -0.39 is 0 Å². The van der Waals surface area contributed by atoms with Gasteiger partial charge in [0.05, 0.1) is 5.02 Å². The zero-order valence-electron chi connectivity index (χ0n) is 11.1. The second-order valence-electron chi connectivity index (χ2n) is 5.92. The molecule has 0 bridgehead atoms. The largest absolute Gasteiger partial charge is 0.396 e. The van der Waals surface area contributed by atoms with Crippen LogP contribution in [0.1, 0.15) is 10.5 Å². The van der Waals surface area contributed by atoms with Gasteiger partial charge in [-0.1, -0.05) is 23.2 Å². The fourth-order valence-corrected chi connectivity index (χ4v) is 4.08. The topological polar surface area (TPSA) is 56.3 Å². The standard InChI is InChI=1S/C15H14Cl2N2O2/c16-7-1-12(17)8-3-14(18-13(8)2-7)15(21)19-4-9-10(5-19)11(9)6-20/h1-3,9-11,18,20H,4-6H2/t9-,10+,11?. The highest BCUT2D eigenvalue weighted by atomic mass is 35.5. The summed E-state index contributed by atoms with van der Waals surface area (Å²) in [5, 5.41) is 11.1. The van der Waals surface area contributed by atoms with E-state index in [0.717, 1.165) is 24.0 Å². The van der Waals surface area contributed by atoms with E-state index in [2.05, 4.69) is 4.98 Å². The van der Waals surface area contributed by atoms with Crippen molar-refractivity contribution in [2.45, 2.75) is 0 Å². The van der Waals surface area contributed by atoms with Crippen molar-refractivity contribution in [3.05, 3.63) is 33.9 Å². The highest BCUT2D eigenvalue weighted by Gasteiger charge is 2.56. The molecule has 1 aliphatic carbocycles. The summed E-state index contributed by atoms with van der Waals surface area (Å²) in [7, 11) is 0. The van der Waals surface area contributed by atoms with E-state index in [9.17, 15) is 4.79 Å². The molecule has 110 valence electrons. The summed E-state index contributed by atoms with van der Waals surface area (Å²) in [6.45, 7) is 1.70. The molecular weight excluding hydrogens is 311 g/mol. The first-order chi connectivity index (χ1) is 10.1. The lowest BCUT2D eigenvalue weighted by Gasteiger charge is -2.18. The molecule has 6 heteroatoms. The third kappa shape index (κ3) is 2.05. The van der Waals surface area contributed by atoms with Crippen LogP contribution in [0, 0.1) is 17.8 Å². The average Bonchev–Trinajstić information content (AvgIpc) is 2.81. The molecule has 1 saturated carbocycles. The number of likely N-dealkylation sites (tertiary alicyclic amines) is 1. The van der Waals surface area contributed by atoms with Crippen LogP contribution >= 0.6 is 23.2 Å². The monoisotopic (exact) mass is 324 g/mol. The fraction of sp³-hybridized carbons (Fsp3) is 0.400. The van der Waals surface area contributed by atoms with Crippen molar-refractivity contribution in [3.8, 4) is 0 Å². The summed E-state index contributed by atoms with van der Waals surface area (Å²) in [4.78, 5) is 17.5. The number of carbonyl (C=O) groups excluding carboxylic acids is 1. The van der Waals surface area contributed by atoms with Crippen LogP contribution < -0.4 is 0 Å². The van der Waals surface area contributed by atoms with E-state index in [4.69, 9.17) is 28.3 Å². The van der Waals surface area contributed by atoms with Gasteiger partial charge in [0, 0.05) is 35.6 Å². The fourth-order valence-electron chi connectivity index (χ4n) is 3.53. The lowest BCUT2D eigenvalue weighted by atomic mass is 10.2. The Morgan fingerprint density at radius 2 is 2.00 bits per heavy atom. The normalized spacial score (nSPS) is 27.2. The first kappa shape index (κ1) is 13.4. The Morgan fingerprint density at radius 1 is 1.29 bits per heavy atom. The van der Waals surface area contributed by atoms with Gasteiger partial charge in [-0.3, -0.25) is 4.79 Å². The molecule has 2 aromatic rings. The van der Waals surface area contributed by atoms with Crippen LogP contribution in [-0.2, 0) is 0 Å². The molecule has 1 unspecified atom stereocenters. The molecule has 2 aliphatic rings. The van der Waals surface area contributed by atoms with Crippen molar-refractivity contribution >= 4 is 40.0 Å². The molecule has 1 aromatic heterocycles. The van der Waals surface area contributed by atoms with E-state index >= 15 is 0 Å². The molecule has 2 N–H and O–H groups in total. The molecule has 1 amide bonds. The molecule has 1 aromatic carbocycles. The van der Waals surface area contributed by atoms with Crippen molar-refractivity contribution in [2.75, 3.05) is 19.7 Å². The predicted octanol–water partition coefficient (Wildman–Crippen LogP) is 2.79. The molecule has 4 rings (SSSR count). The highest BCUT2D eigenvalue weighted by Crippen LogP contribution is 2.51. The van der Waals surface area contributed by atoms with Gasteiger partial charge in [0.1, 0.15) is 5.69 Å². The van der Waals surface area contributed by atoms with Gasteiger partial charge in [0.2, 0.25) is 0 Å². The summed E-state index contributed by atoms with van der Waals surface area (Å²) in [6.07, 6.45) is 0. The number of carbonyl (C=O) groups is 1. The first-order valence-electron chi connectivity index (χ1n) is 6.96. The van der Waals surface area contributed by atoms with E-state index in [1.54, 1.807) is 18.2 Å². The third-order valence-electron chi connectivity index (χ3n) is 4.75. The van der Waals surface area contributed by atoms with Crippen LogP contribution in [0.25, 0.3) is 10.9 Å². The van der Waals surface area contributed by atoms with Crippen molar-refractivity contribution < 1.29 is 9.90 Å². The summed E-state index contributed by atoms with van der Waals surface area (Å²) in [5.74, 6) is 1.33. The minimum absolute atomic E-state index is 0.0118. The van der Waals surface area contributed by atoms with Gasteiger partial charge in [-0.25, -0.2) is 0 Å². The Kier molecular flexibility index (Phi) is 2.96. The van der Waals surface area contributed by atoms with E-state index in [0.29, 0.717) is 33.5 Å². The van der Waals surface area contributed by atoms with Crippen molar-refractivity contribution in [1.29, 1.82) is 0 Å². The van der Waals surface area contributed by atoms with Crippen LogP contribution in [0.3, 0.4) is 0 Å². The van der Waals surface area contributed by atoms with E-state index in [1.807, 2.05) is 4.90 Å². The Hall–Kier alpha value is -1.23. The number of rotatable bonds is 2. The lowest BCUT2D eigenvalue weighted by Crippen LogP contribution is -2.32. The Bertz CT molecular complexity index is 731. The number of hydrogen-bond donors (Lipinski definition) is 2. The van der Waals surface area contributed by atoms with Crippen molar-refractivity contribution in [1.82, 2.24) is 9.88 Å². The number of aliphatic hydroxyl groups is 1. The Balaban J connectivity index is 1.60. The SMILES string of the molecule is O=C(c1cc2c(Cl)cc(Cl)cc2[nH]1)N1C[C@@H]2C(CO)[C@@H]2C1. The van der Waals surface area contributed by atoms with Crippen molar-refractivity contribution in [3.63, 3.8) is 0 Å². The number of benzene rings is 1. The summed E-state index contributed by atoms with van der Waals surface area (Å²) in [6, 6.07) is 5.22. The van der Waals surface area contributed by atoms with Crippen LogP contribution in [0.5, 0.6) is 0 Å². The number of aromatic amines is 1. The number of aromatic nitrogens is 1. The molecule has 0 spiro atoms. The number of nitrogens with one attached hydrogen (secondary N) is 1. The predicted molar refractivity (Wildman–Crippen MR) is 81.8 cm³/mol. The van der Waals surface area contributed by atoms with Gasteiger partial charge in [-0.05, 0) is 36.0 Å². The molecule has 1 saturated heterocycles. The van der Waals surface area contributed by atoms with Gasteiger partial charge in [-0.2, -0.15) is 0 Å². The maximum absolute atomic E-state index is 12.5. The quantitative estimate of drug-likeness (QED) is 0.892. The van der Waals surface area contributed by atoms with Crippen LogP contribution in [0.4, 0.5) is 0 Å². The Labute approximate surface area is 131 Å². The number of H-pyrrole nitrogens is 1. The Morgan fingerprint density at radius 3 is 2.67 bits per heavy atom. The van der Waals surface area contributed by atoms with Gasteiger partial charge in [-0.15, -0.1) is 0 Å². The zero-order chi connectivity index (χ0) is 14.7. The number of piperidine rings is 1. The third-order valence-corrected chi connectivity index (χ3v) is 5.28. The van der Waals surface area contributed by atoms with Crippen LogP contribution in [0.15, 0.2) is 18.2 Å². The molecule has 1 aliphatic heterocycles. The average molecular weight is 325 g/mol. The number of amides is 1. The summed E-state index contributed by atoms with van der Waals surface area (Å²) >= 11 is 12.1. The molecule has 4 nitrogen and oxygen atoms in total. The van der Waals surface area contributed by atoms with Crippen LogP contribution in [0.2, 0.25) is 10.0 Å². The van der Waals surface area contributed by atoms with Gasteiger partial charge in [0.25, 0.3) is 5.91 Å². The van der Waals surface area contributed by atoms with Gasteiger partial charge >= 0.3 is 0 Å². The smallest absolute Gasteiger partial charge is 0.270 e. The maximum atomic E-state index is 12.5. The molecular formula is C15H14Cl2N2O2. The number of hydrogen-bond acceptors (Lipinski definition) is 2. The maximum Gasteiger partial charge on any atom is 0.270 e. The van der Waals surface area contributed by atoms with Crippen molar-refractivity contribution in [2.24, 2.45) is 17.8 Å². The molecule has 3 atom stereocenters. The van der Waals surface area contributed by atoms with E-state index in [1.165, 1.54) is 0 Å². The lowest BCUT2D eigenvalue weighted by molar-refractivity contribution is 0.0755. The zero-order valence-corrected chi connectivity index (χ0v) is 12.7. The summed E-state index contributed by atoms with van der Waals surface area (Å²) < 4.78 is 0. The minimum Gasteiger partial charge on any atom is -0.396 e. The number of fused-ring (bicyclic) bond motifs is 2. The number of halogens is 2. The van der Waals surface area contributed by atoms with Gasteiger partial charge in [0.15, 0.2) is 0 Å². The second kappa shape index (κ2) is 4.63. The number of nitrogens with zero attached hydrogens (tertiary/aromatic N) is 1. The molecule has 0 radical (unpaired) electrons. The van der Waals surface area contributed by atoms with Gasteiger partial charge < -0.3 is 15.0 Å². The van der Waals surface area contributed by atoms with E-state index in [-0.39, 0.29) is 12.5 Å². The summed E-state index contributed by atoms with van der Waals surface area (Å²) in [5.41, 5.74) is 1.31. The molecule has 2 fully saturated rings. The molecule has 21 heavy (non-hydrogen) atoms. The van der Waals surface area contributed by atoms with Crippen LogP contribution in [-0.4, -0.2) is 40.6 Å².